The quantitative estimate of drug-likeness (QED) is 0.687. The van der Waals surface area contributed by atoms with Crippen LogP contribution in [0.1, 0.15) is 27.2 Å². The van der Waals surface area contributed by atoms with E-state index in [0.717, 1.165) is 13.1 Å². The van der Waals surface area contributed by atoms with Crippen LogP contribution in [0.2, 0.25) is 0 Å². The molecule has 0 aromatic heterocycles. The summed E-state index contributed by atoms with van der Waals surface area (Å²) in [6.07, 6.45) is -1.03. The maximum atomic E-state index is 9.91. The Balaban J connectivity index is 2.64. The molecule has 0 aromatic carbocycles. The largest absolute Gasteiger partial charge is 0.389 e. The third-order valence-corrected chi connectivity index (χ3v) is 2.97. The van der Waals surface area contributed by atoms with Gasteiger partial charge in [-0.3, -0.25) is 4.90 Å². The van der Waals surface area contributed by atoms with Gasteiger partial charge in [-0.05, 0) is 20.0 Å². The molecule has 0 aliphatic carbocycles. The van der Waals surface area contributed by atoms with Gasteiger partial charge < -0.3 is 14.9 Å². The lowest BCUT2D eigenvalue weighted by Gasteiger charge is -2.41. The van der Waals surface area contributed by atoms with Gasteiger partial charge in [0.25, 0.3) is 0 Å². The number of aliphatic hydroxyl groups excluding tert-OH is 2. The SMILES string of the molecule is CCN(CC)C1CC(O)O[C@H](C)C1O. The zero-order valence-electron chi connectivity index (χ0n) is 9.18. The molecule has 0 radical (unpaired) electrons. The topological polar surface area (TPSA) is 52.9 Å². The zero-order chi connectivity index (χ0) is 10.7. The van der Waals surface area contributed by atoms with Crippen molar-refractivity contribution in [2.24, 2.45) is 0 Å². The Hall–Kier alpha value is -0.160. The zero-order valence-corrected chi connectivity index (χ0v) is 9.18. The highest BCUT2D eigenvalue weighted by atomic mass is 16.6. The van der Waals surface area contributed by atoms with Crippen molar-refractivity contribution in [1.29, 1.82) is 0 Å². The molecule has 0 amide bonds. The second-order valence-electron chi connectivity index (χ2n) is 3.81. The van der Waals surface area contributed by atoms with Gasteiger partial charge >= 0.3 is 0 Å². The molecule has 3 unspecified atom stereocenters. The molecule has 1 heterocycles. The number of rotatable bonds is 3. The minimum atomic E-state index is -0.737. The monoisotopic (exact) mass is 203 g/mol. The average molecular weight is 203 g/mol. The molecule has 14 heavy (non-hydrogen) atoms. The number of nitrogens with zero attached hydrogens (tertiary/aromatic N) is 1. The van der Waals surface area contributed by atoms with Crippen LogP contribution >= 0.6 is 0 Å². The summed E-state index contributed by atoms with van der Waals surface area (Å²) in [6, 6.07) is 0.0174. The van der Waals surface area contributed by atoms with E-state index < -0.39 is 12.4 Å². The smallest absolute Gasteiger partial charge is 0.156 e. The van der Waals surface area contributed by atoms with Crippen LogP contribution in [-0.2, 0) is 4.74 Å². The Bertz CT molecular complexity index is 171. The summed E-state index contributed by atoms with van der Waals surface area (Å²) < 4.78 is 5.15. The van der Waals surface area contributed by atoms with Crippen molar-refractivity contribution in [3.05, 3.63) is 0 Å². The van der Waals surface area contributed by atoms with Gasteiger partial charge in [0, 0.05) is 12.5 Å². The van der Waals surface area contributed by atoms with E-state index in [4.69, 9.17) is 4.74 Å². The second-order valence-corrected chi connectivity index (χ2v) is 3.81. The van der Waals surface area contributed by atoms with Crippen molar-refractivity contribution < 1.29 is 14.9 Å². The molecule has 1 aliphatic rings. The molecule has 0 spiro atoms. The van der Waals surface area contributed by atoms with Gasteiger partial charge in [0.2, 0.25) is 0 Å². The predicted molar refractivity (Wildman–Crippen MR) is 53.9 cm³/mol. The van der Waals surface area contributed by atoms with Gasteiger partial charge in [0.15, 0.2) is 6.29 Å². The number of likely N-dealkylation sites (N-methyl/N-ethyl adjacent to an activating group) is 1. The third kappa shape index (κ3) is 2.45. The van der Waals surface area contributed by atoms with Crippen LogP contribution in [0.3, 0.4) is 0 Å². The molecule has 0 saturated carbocycles. The summed E-state index contributed by atoms with van der Waals surface area (Å²) in [6.45, 7) is 7.68. The van der Waals surface area contributed by atoms with Crippen LogP contribution in [0.5, 0.6) is 0 Å². The van der Waals surface area contributed by atoms with Crippen molar-refractivity contribution in [3.8, 4) is 0 Å². The first-order chi connectivity index (χ1) is 6.60. The van der Waals surface area contributed by atoms with Gasteiger partial charge in [-0.15, -0.1) is 0 Å². The lowest BCUT2D eigenvalue weighted by atomic mass is 9.98. The van der Waals surface area contributed by atoms with E-state index in [1.165, 1.54) is 0 Å². The molecular weight excluding hydrogens is 182 g/mol. The number of ether oxygens (including phenoxy) is 1. The van der Waals surface area contributed by atoms with E-state index >= 15 is 0 Å². The average Bonchev–Trinajstić information content (AvgIpc) is 2.15. The van der Waals surface area contributed by atoms with E-state index in [1.807, 2.05) is 0 Å². The minimum absolute atomic E-state index is 0.0174. The maximum Gasteiger partial charge on any atom is 0.156 e. The fourth-order valence-electron chi connectivity index (χ4n) is 2.10. The Morgan fingerprint density at radius 3 is 2.36 bits per heavy atom. The van der Waals surface area contributed by atoms with Gasteiger partial charge in [-0.25, -0.2) is 0 Å². The van der Waals surface area contributed by atoms with Gasteiger partial charge in [0.05, 0.1) is 12.2 Å². The first-order valence-electron chi connectivity index (χ1n) is 5.35. The van der Waals surface area contributed by atoms with E-state index in [2.05, 4.69) is 18.7 Å². The molecule has 1 saturated heterocycles. The van der Waals surface area contributed by atoms with Crippen LogP contribution in [-0.4, -0.2) is 52.7 Å². The predicted octanol–water partition coefficient (Wildman–Crippen LogP) is 0.185. The highest BCUT2D eigenvalue weighted by Crippen LogP contribution is 2.22. The summed E-state index contributed by atoms with van der Waals surface area (Å²) in [5.74, 6) is 0. The normalized spacial score (nSPS) is 39.0. The highest BCUT2D eigenvalue weighted by Gasteiger charge is 2.36. The molecule has 1 fully saturated rings. The highest BCUT2D eigenvalue weighted by molar-refractivity contribution is 4.86. The summed E-state index contributed by atoms with van der Waals surface area (Å²) >= 11 is 0. The molecule has 1 rings (SSSR count). The third-order valence-electron chi connectivity index (χ3n) is 2.97. The molecule has 4 atom stereocenters. The standard InChI is InChI=1S/C10H21NO3/c1-4-11(5-2)8-6-9(12)14-7(3)10(8)13/h7-10,12-13H,4-6H2,1-3H3/t7-,8?,9?,10?/m1/s1. The van der Waals surface area contributed by atoms with E-state index in [9.17, 15) is 10.2 Å². The first kappa shape index (κ1) is 11.9. The molecule has 0 bridgehead atoms. The van der Waals surface area contributed by atoms with Crippen molar-refractivity contribution in [2.45, 2.75) is 51.7 Å². The Morgan fingerprint density at radius 2 is 1.86 bits per heavy atom. The molecule has 2 N–H and O–H groups in total. The molecule has 1 aliphatic heterocycles. The van der Waals surface area contributed by atoms with Crippen LogP contribution < -0.4 is 0 Å². The molecule has 4 heteroatoms. The fourth-order valence-corrected chi connectivity index (χ4v) is 2.10. The lowest BCUT2D eigenvalue weighted by Crippen LogP contribution is -2.54. The maximum absolute atomic E-state index is 9.91. The van der Waals surface area contributed by atoms with Crippen LogP contribution in [0.4, 0.5) is 0 Å². The number of hydrogen-bond acceptors (Lipinski definition) is 4. The molecule has 4 nitrogen and oxygen atoms in total. The van der Waals surface area contributed by atoms with Gasteiger partial charge in [-0.1, -0.05) is 13.8 Å². The summed E-state index contributed by atoms with van der Waals surface area (Å²) in [5.41, 5.74) is 0. The van der Waals surface area contributed by atoms with Crippen LogP contribution in [0.15, 0.2) is 0 Å². The van der Waals surface area contributed by atoms with E-state index in [-0.39, 0.29) is 12.1 Å². The van der Waals surface area contributed by atoms with E-state index in [0.29, 0.717) is 6.42 Å². The van der Waals surface area contributed by atoms with Crippen molar-refractivity contribution >= 4 is 0 Å². The first-order valence-corrected chi connectivity index (χ1v) is 5.35. The molecule has 84 valence electrons. The van der Waals surface area contributed by atoms with Gasteiger partial charge in [0.1, 0.15) is 0 Å². The van der Waals surface area contributed by atoms with Crippen LogP contribution in [0.25, 0.3) is 0 Å². The van der Waals surface area contributed by atoms with Crippen molar-refractivity contribution in [1.82, 2.24) is 4.90 Å². The van der Waals surface area contributed by atoms with Gasteiger partial charge in [-0.2, -0.15) is 0 Å². The Morgan fingerprint density at radius 1 is 1.29 bits per heavy atom. The van der Waals surface area contributed by atoms with Crippen molar-refractivity contribution in [3.63, 3.8) is 0 Å². The Labute approximate surface area is 85.5 Å². The second kappa shape index (κ2) is 5.07. The number of hydrogen-bond donors (Lipinski definition) is 2. The summed E-state index contributed by atoms with van der Waals surface area (Å²) in [5, 5.41) is 19.4. The number of aliphatic hydroxyl groups is 2. The Kier molecular flexibility index (Phi) is 4.31. The van der Waals surface area contributed by atoms with Crippen molar-refractivity contribution in [2.75, 3.05) is 13.1 Å². The lowest BCUT2D eigenvalue weighted by molar-refractivity contribution is -0.215. The fraction of sp³-hybridized carbons (Fsp3) is 1.00. The molecular formula is C10H21NO3. The van der Waals surface area contributed by atoms with Crippen LogP contribution in [0, 0.1) is 0 Å². The minimum Gasteiger partial charge on any atom is -0.389 e. The van der Waals surface area contributed by atoms with E-state index in [1.54, 1.807) is 6.92 Å². The summed E-state index contributed by atoms with van der Waals surface area (Å²) in [7, 11) is 0. The molecule has 0 aromatic rings. The summed E-state index contributed by atoms with van der Waals surface area (Å²) in [4.78, 5) is 2.16.